The summed E-state index contributed by atoms with van der Waals surface area (Å²) in [6, 6.07) is 11.5. The quantitative estimate of drug-likeness (QED) is 0.775. The average Bonchev–Trinajstić information content (AvgIpc) is 2.53. The third-order valence-electron chi connectivity index (χ3n) is 3.46. The topological polar surface area (TPSA) is 42.0 Å². The summed E-state index contributed by atoms with van der Waals surface area (Å²) in [6.45, 7) is 0. The lowest BCUT2D eigenvalue weighted by Crippen LogP contribution is -2.18. The molecule has 3 rings (SSSR count). The molecule has 0 atom stereocenters. The molecule has 0 saturated carbocycles. The molecule has 1 aromatic heterocycles. The second kappa shape index (κ2) is 5.73. The highest BCUT2D eigenvalue weighted by atomic mass is 35.5. The smallest absolute Gasteiger partial charge is 0.251 e. The van der Waals surface area contributed by atoms with E-state index in [9.17, 15) is 9.18 Å². The summed E-state index contributed by atoms with van der Waals surface area (Å²) in [5, 5.41) is 3.67. The normalized spacial score (nSPS) is 10.7. The van der Waals surface area contributed by atoms with Gasteiger partial charge >= 0.3 is 0 Å². The first kappa shape index (κ1) is 14.5. The van der Waals surface area contributed by atoms with Gasteiger partial charge in [-0.1, -0.05) is 23.7 Å². The molecule has 2 aromatic carbocycles. The third kappa shape index (κ3) is 2.53. The number of carbonyl (C=O) groups is 1. The lowest BCUT2D eigenvalue weighted by atomic mass is 10.0. The van der Waals surface area contributed by atoms with Crippen LogP contribution in [0.1, 0.15) is 10.4 Å². The van der Waals surface area contributed by atoms with Crippen LogP contribution >= 0.6 is 11.6 Å². The van der Waals surface area contributed by atoms with E-state index in [1.165, 1.54) is 6.07 Å². The van der Waals surface area contributed by atoms with Crippen molar-refractivity contribution in [3.8, 4) is 11.1 Å². The van der Waals surface area contributed by atoms with Gasteiger partial charge < -0.3 is 5.32 Å². The Hall–Kier alpha value is -2.46. The van der Waals surface area contributed by atoms with Crippen LogP contribution in [0.5, 0.6) is 0 Å². The Morgan fingerprint density at radius 2 is 2.00 bits per heavy atom. The minimum absolute atomic E-state index is 0.183. The predicted octanol–water partition coefficient (Wildman–Crippen LogP) is 4.05. The van der Waals surface area contributed by atoms with E-state index in [-0.39, 0.29) is 5.91 Å². The van der Waals surface area contributed by atoms with E-state index in [0.29, 0.717) is 27.2 Å². The second-order valence-corrected chi connectivity index (χ2v) is 5.23. The fourth-order valence-electron chi connectivity index (χ4n) is 2.37. The van der Waals surface area contributed by atoms with E-state index in [1.807, 2.05) is 0 Å². The summed E-state index contributed by atoms with van der Waals surface area (Å²) < 4.78 is 14.0. The van der Waals surface area contributed by atoms with Crippen LogP contribution in [-0.4, -0.2) is 17.9 Å². The molecule has 1 heterocycles. The second-order valence-electron chi connectivity index (χ2n) is 4.79. The Labute approximate surface area is 131 Å². The molecular formula is C17H12ClFN2O. The molecule has 0 spiro atoms. The summed E-state index contributed by atoms with van der Waals surface area (Å²) in [5.41, 5.74) is 2.30. The van der Waals surface area contributed by atoms with Crippen molar-refractivity contribution in [2.24, 2.45) is 0 Å². The van der Waals surface area contributed by atoms with Crippen LogP contribution in [0.2, 0.25) is 5.02 Å². The van der Waals surface area contributed by atoms with E-state index in [2.05, 4.69) is 10.3 Å². The Morgan fingerprint density at radius 3 is 2.73 bits per heavy atom. The fraction of sp³-hybridized carbons (Fsp3) is 0.0588. The highest BCUT2D eigenvalue weighted by Crippen LogP contribution is 2.28. The van der Waals surface area contributed by atoms with Gasteiger partial charge in [0.1, 0.15) is 5.82 Å². The number of halogens is 2. The lowest BCUT2D eigenvalue weighted by Gasteiger charge is -2.08. The number of pyridine rings is 1. The van der Waals surface area contributed by atoms with Gasteiger partial charge in [-0.25, -0.2) is 4.39 Å². The number of carbonyl (C=O) groups excluding carboxylic acids is 1. The van der Waals surface area contributed by atoms with Crippen molar-refractivity contribution in [2.75, 3.05) is 7.05 Å². The molecule has 5 heteroatoms. The van der Waals surface area contributed by atoms with Gasteiger partial charge in [-0.15, -0.1) is 0 Å². The standard InChI is InChI=1S/C17H12ClFN2O/c1-20-17(22)14-6-7-21-16-8-10(2-4-13(14)16)12-5-3-11(18)9-15(12)19/h2-9H,1H3,(H,20,22). The first-order valence-electron chi connectivity index (χ1n) is 6.66. The number of hydrogen-bond acceptors (Lipinski definition) is 2. The van der Waals surface area contributed by atoms with Crippen molar-refractivity contribution < 1.29 is 9.18 Å². The number of rotatable bonds is 2. The van der Waals surface area contributed by atoms with Crippen LogP contribution in [0.15, 0.2) is 48.7 Å². The van der Waals surface area contributed by atoms with E-state index in [4.69, 9.17) is 11.6 Å². The molecule has 110 valence electrons. The first-order chi connectivity index (χ1) is 10.6. The Kier molecular flexibility index (Phi) is 3.77. The van der Waals surface area contributed by atoms with Gasteiger partial charge in [-0.05, 0) is 35.9 Å². The molecule has 0 bridgehead atoms. The summed E-state index contributed by atoms with van der Waals surface area (Å²) >= 11 is 5.77. The molecule has 0 aliphatic rings. The Bertz CT molecular complexity index is 880. The van der Waals surface area contributed by atoms with E-state index in [0.717, 1.165) is 5.39 Å². The number of nitrogens with zero attached hydrogens (tertiary/aromatic N) is 1. The van der Waals surface area contributed by atoms with Crippen molar-refractivity contribution in [2.45, 2.75) is 0 Å². The van der Waals surface area contributed by atoms with Crippen LogP contribution in [-0.2, 0) is 0 Å². The van der Waals surface area contributed by atoms with Crippen molar-refractivity contribution in [3.63, 3.8) is 0 Å². The van der Waals surface area contributed by atoms with Crippen molar-refractivity contribution in [1.29, 1.82) is 0 Å². The lowest BCUT2D eigenvalue weighted by molar-refractivity contribution is 0.0964. The molecule has 3 nitrogen and oxygen atoms in total. The maximum atomic E-state index is 14.0. The minimum atomic E-state index is -0.394. The number of aromatic nitrogens is 1. The molecule has 1 amide bonds. The molecular weight excluding hydrogens is 303 g/mol. The zero-order valence-electron chi connectivity index (χ0n) is 11.7. The van der Waals surface area contributed by atoms with Gasteiger partial charge in [0.2, 0.25) is 0 Å². The molecule has 0 aliphatic heterocycles. The van der Waals surface area contributed by atoms with E-state index >= 15 is 0 Å². The third-order valence-corrected chi connectivity index (χ3v) is 3.69. The van der Waals surface area contributed by atoms with Gasteiger partial charge in [0.15, 0.2) is 0 Å². The number of hydrogen-bond donors (Lipinski definition) is 1. The fourth-order valence-corrected chi connectivity index (χ4v) is 2.53. The summed E-state index contributed by atoms with van der Waals surface area (Å²) in [6.07, 6.45) is 1.56. The summed E-state index contributed by atoms with van der Waals surface area (Å²) in [4.78, 5) is 16.1. The molecule has 3 aromatic rings. The van der Waals surface area contributed by atoms with E-state index in [1.54, 1.807) is 49.6 Å². The Balaban J connectivity index is 2.17. The number of amides is 1. The average molecular weight is 315 g/mol. The monoisotopic (exact) mass is 314 g/mol. The van der Waals surface area contributed by atoms with Crippen LogP contribution in [0.25, 0.3) is 22.0 Å². The summed E-state index contributed by atoms with van der Waals surface area (Å²) in [7, 11) is 1.58. The van der Waals surface area contributed by atoms with Gasteiger partial charge in [0.05, 0.1) is 11.1 Å². The molecule has 0 saturated heterocycles. The first-order valence-corrected chi connectivity index (χ1v) is 7.04. The highest BCUT2D eigenvalue weighted by Gasteiger charge is 2.11. The molecule has 22 heavy (non-hydrogen) atoms. The minimum Gasteiger partial charge on any atom is -0.355 e. The number of nitrogens with one attached hydrogen (secondary N) is 1. The number of fused-ring (bicyclic) bond motifs is 1. The maximum Gasteiger partial charge on any atom is 0.251 e. The van der Waals surface area contributed by atoms with Gasteiger partial charge in [-0.3, -0.25) is 9.78 Å². The largest absolute Gasteiger partial charge is 0.355 e. The van der Waals surface area contributed by atoms with E-state index < -0.39 is 5.82 Å². The number of benzene rings is 2. The Morgan fingerprint density at radius 1 is 1.18 bits per heavy atom. The van der Waals surface area contributed by atoms with Gasteiger partial charge in [0, 0.05) is 29.2 Å². The zero-order chi connectivity index (χ0) is 15.7. The van der Waals surface area contributed by atoms with Crippen molar-refractivity contribution in [1.82, 2.24) is 10.3 Å². The van der Waals surface area contributed by atoms with Crippen molar-refractivity contribution in [3.05, 3.63) is 65.1 Å². The maximum absolute atomic E-state index is 14.0. The molecule has 0 fully saturated rings. The van der Waals surface area contributed by atoms with Crippen LogP contribution in [0.4, 0.5) is 4.39 Å². The van der Waals surface area contributed by atoms with Crippen LogP contribution in [0, 0.1) is 5.82 Å². The van der Waals surface area contributed by atoms with Crippen LogP contribution in [0.3, 0.4) is 0 Å². The molecule has 0 aliphatic carbocycles. The SMILES string of the molecule is CNC(=O)c1ccnc2cc(-c3ccc(Cl)cc3F)ccc12. The molecule has 0 unspecified atom stereocenters. The zero-order valence-corrected chi connectivity index (χ0v) is 12.5. The summed E-state index contributed by atoms with van der Waals surface area (Å²) in [5.74, 6) is -0.577. The highest BCUT2D eigenvalue weighted by molar-refractivity contribution is 6.30. The molecule has 1 N–H and O–H groups in total. The van der Waals surface area contributed by atoms with Crippen molar-refractivity contribution >= 4 is 28.4 Å². The predicted molar refractivity (Wildman–Crippen MR) is 85.5 cm³/mol. The molecule has 0 radical (unpaired) electrons. The van der Waals surface area contributed by atoms with Gasteiger partial charge in [-0.2, -0.15) is 0 Å². The van der Waals surface area contributed by atoms with Crippen LogP contribution < -0.4 is 5.32 Å². The van der Waals surface area contributed by atoms with Gasteiger partial charge in [0.25, 0.3) is 5.91 Å².